The first kappa shape index (κ1) is 17.5. The monoisotopic (exact) mass is 327 g/mol. The number of anilines is 1. The van der Waals surface area contributed by atoms with Gasteiger partial charge in [0.15, 0.2) is 0 Å². The molecule has 2 aromatic rings. The van der Waals surface area contributed by atoms with E-state index in [9.17, 15) is 9.59 Å². The summed E-state index contributed by atoms with van der Waals surface area (Å²) in [5.41, 5.74) is 1.86. The molecule has 0 saturated carbocycles. The van der Waals surface area contributed by atoms with Crippen LogP contribution in [0.2, 0.25) is 0 Å². The Morgan fingerprint density at radius 2 is 1.88 bits per heavy atom. The zero-order valence-corrected chi connectivity index (χ0v) is 14.0. The first-order valence-electron chi connectivity index (χ1n) is 7.75. The summed E-state index contributed by atoms with van der Waals surface area (Å²) in [6.45, 7) is 6.48. The van der Waals surface area contributed by atoms with Gasteiger partial charge in [-0.1, -0.05) is 26.0 Å². The van der Waals surface area contributed by atoms with E-state index in [2.05, 4.69) is 19.2 Å². The van der Waals surface area contributed by atoms with Crippen molar-refractivity contribution in [2.24, 2.45) is 5.92 Å². The second-order valence-corrected chi connectivity index (χ2v) is 6.02. The number of hydrogen-bond acceptors (Lipinski definition) is 3. The van der Waals surface area contributed by atoms with Crippen molar-refractivity contribution in [1.82, 2.24) is 0 Å². The number of aryl methyl sites for hydroxylation is 1. The van der Waals surface area contributed by atoms with E-state index >= 15 is 0 Å². The van der Waals surface area contributed by atoms with Crippen LogP contribution < -0.4 is 10.1 Å². The molecular weight excluding hydrogens is 306 g/mol. The summed E-state index contributed by atoms with van der Waals surface area (Å²) in [6, 6.07) is 11.5. The Labute approximate surface area is 141 Å². The van der Waals surface area contributed by atoms with E-state index in [1.165, 1.54) is 12.1 Å². The predicted molar refractivity (Wildman–Crippen MR) is 92.9 cm³/mol. The Bertz CT molecular complexity index is 753. The summed E-state index contributed by atoms with van der Waals surface area (Å²) in [7, 11) is 0. The van der Waals surface area contributed by atoms with Gasteiger partial charge in [0.1, 0.15) is 5.75 Å². The first-order chi connectivity index (χ1) is 11.4. The summed E-state index contributed by atoms with van der Waals surface area (Å²) in [5, 5.41) is 11.8. The topological polar surface area (TPSA) is 75.6 Å². The molecule has 126 valence electrons. The molecule has 1 amide bonds. The molecule has 2 aromatic carbocycles. The minimum Gasteiger partial charge on any atom is -0.493 e. The molecule has 0 radical (unpaired) electrons. The lowest BCUT2D eigenvalue weighted by Gasteiger charge is -2.12. The number of benzene rings is 2. The van der Waals surface area contributed by atoms with Crippen LogP contribution >= 0.6 is 0 Å². The highest BCUT2D eigenvalue weighted by Crippen LogP contribution is 2.20. The van der Waals surface area contributed by atoms with Gasteiger partial charge in [-0.3, -0.25) is 4.79 Å². The third-order valence-corrected chi connectivity index (χ3v) is 3.41. The molecule has 0 heterocycles. The molecule has 0 unspecified atom stereocenters. The molecule has 5 nitrogen and oxygen atoms in total. The van der Waals surface area contributed by atoms with Crippen molar-refractivity contribution in [3.05, 3.63) is 59.2 Å². The maximum Gasteiger partial charge on any atom is 0.335 e. The molecule has 0 spiro atoms. The van der Waals surface area contributed by atoms with Gasteiger partial charge in [0.25, 0.3) is 5.91 Å². The predicted octanol–water partition coefficient (Wildman–Crippen LogP) is 3.98. The van der Waals surface area contributed by atoms with E-state index in [4.69, 9.17) is 9.84 Å². The second-order valence-electron chi connectivity index (χ2n) is 6.02. The van der Waals surface area contributed by atoms with Gasteiger partial charge in [-0.05, 0) is 48.7 Å². The minimum atomic E-state index is -1.03. The van der Waals surface area contributed by atoms with Crippen molar-refractivity contribution >= 4 is 17.6 Å². The lowest BCUT2D eigenvalue weighted by Crippen LogP contribution is -2.14. The summed E-state index contributed by atoms with van der Waals surface area (Å²) >= 11 is 0. The van der Waals surface area contributed by atoms with Crippen molar-refractivity contribution in [1.29, 1.82) is 0 Å². The lowest BCUT2D eigenvalue weighted by atomic mass is 10.1. The Hall–Kier alpha value is -2.82. The van der Waals surface area contributed by atoms with Crippen LogP contribution in [-0.2, 0) is 0 Å². The van der Waals surface area contributed by atoms with Gasteiger partial charge in [0, 0.05) is 11.3 Å². The van der Waals surface area contributed by atoms with E-state index < -0.39 is 5.97 Å². The lowest BCUT2D eigenvalue weighted by molar-refractivity contribution is 0.0696. The van der Waals surface area contributed by atoms with Crippen LogP contribution in [0.1, 0.15) is 40.1 Å². The van der Waals surface area contributed by atoms with E-state index in [-0.39, 0.29) is 11.5 Å². The van der Waals surface area contributed by atoms with Crippen molar-refractivity contribution in [2.75, 3.05) is 11.9 Å². The number of carboxylic acid groups (broad SMARTS) is 1. The van der Waals surface area contributed by atoms with Gasteiger partial charge < -0.3 is 15.2 Å². The minimum absolute atomic E-state index is 0.130. The second kappa shape index (κ2) is 7.64. The SMILES string of the molecule is Cc1ccc(C(=O)O)cc1NC(=O)c1cccc(OCC(C)C)c1. The Morgan fingerprint density at radius 3 is 2.54 bits per heavy atom. The molecule has 0 atom stereocenters. The van der Waals surface area contributed by atoms with Gasteiger partial charge in [-0.15, -0.1) is 0 Å². The average molecular weight is 327 g/mol. The van der Waals surface area contributed by atoms with Crippen LogP contribution in [0.15, 0.2) is 42.5 Å². The molecule has 0 fully saturated rings. The fourth-order valence-corrected chi connectivity index (χ4v) is 2.07. The smallest absolute Gasteiger partial charge is 0.335 e. The summed E-state index contributed by atoms with van der Waals surface area (Å²) in [5.74, 6) is -0.318. The zero-order chi connectivity index (χ0) is 17.7. The highest BCUT2D eigenvalue weighted by Gasteiger charge is 2.11. The largest absolute Gasteiger partial charge is 0.493 e. The summed E-state index contributed by atoms with van der Waals surface area (Å²) < 4.78 is 5.63. The summed E-state index contributed by atoms with van der Waals surface area (Å²) in [6.07, 6.45) is 0. The van der Waals surface area contributed by atoms with Crippen LogP contribution in [0.3, 0.4) is 0 Å². The fourth-order valence-electron chi connectivity index (χ4n) is 2.07. The number of carbonyl (C=O) groups is 2. The van der Waals surface area contributed by atoms with Crippen LogP contribution in [0.25, 0.3) is 0 Å². The Balaban J connectivity index is 2.16. The first-order valence-corrected chi connectivity index (χ1v) is 7.75. The molecule has 0 aliphatic rings. The van der Waals surface area contributed by atoms with Crippen molar-refractivity contribution < 1.29 is 19.4 Å². The van der Waals surface area contributed by atoms with E-state index in [1.54, 1.807) is 30.3 Å². The van der Waals surface area contributed by atoms with Crippen LogP contribution in [0, 0.1) is 12.8 Å². The molecular formula is C19H21NO4. The van der Waals surface area contributed by atoms with E-state index in [0.717, 1.165) is 5.56 Å². The zero-order valence-electron chi connectivity index (χ0n) is 14.0. The van der Waals surface area contributed by atoms with Crippen LogP contribution in [0.5, 0.6) is 5.75 Å². The number of carbonyl (C=O) groups excluding carboxylic acids is 1. The molecule has 24 heavy (non-hydrogen) atoms. The normalized spacial score (nSPS) is 10.5. The molecule has 5 heteroatoms. The van der Waals surface area contributed by atoms with Crippen molar-refractivity contribution in [2.45, 2.75) is 20.8 Å². The third-order valence-electron chi connectivity index (χ3n) is 3.41. The van der Waals surface area contributed by atoms with Crippen molar-refractivity contribution in [3.8, 4) is 5.75 Å². The van der Waals surface area contributed by atoms with Gasteiger partial charge >= 0.3 is 5.97 Å². The number of carboxylic acids is 1. The quantitative estimate of drug-likeness (QED) is 0.841. The Morgan fingerprint density at radius 1 is 1.12 bits per heavy atom. The highest BCUT2D eigenvalue weighted by molar-refractivity contribution is 6.05. The molecule has 0 aromatic heterocycles. The number of rotatable bonds is 6. The maximum atomic E-state index is 12.4. The number of hydrogen-bond donors (Lipinski definition) is 2. The van der Waals surface area contributed by atoms with Crippen molar-refractivity contribution in [3.63, 3.8) is 0 Å². The maximum absolute atomic E-state index is 12.4. The standard InChI is InChI=1S/C19H21NO4/c1-12(2)11-24-16-6-4-5-14(9-16)18(21)20-17-10-15(19(22)23)8-7-13(17)3/h4-10,12H,11H2,1-3H3,(H,20,21)(H,22,23). The van der Waals surface area contributed by atoms with E-state index in [1.807, 2.05) is 6.92 Å². The fraction of sp³-hybridized carbons (Fsp3) is 0.263. The van der Waals surface area contributed by atoms with Gasteiger partial charge in [0.2, 0.25) is 0 Å². The van der Waals surface area contributed by atoms with E-state index in [0.29, 0.717) is 29.5 Å². The van der Waals surface area contributed by atoms with Gasteiger partial charge in [-0.25, -0.2) is 4.79 Å². The number of nitrogens with one attached hydrogen (secondary N) is 1. The van der Waals surface area contributed by atoms with Gasteiger partial charge in [-0.2, -0.15) is 0 Å². The number of amides is 1. The summed E-state index contributed by atoms with van der Waals surface area (Å²) in [4.78, 5) is 23.5. The average Bonchev–Trinajstić information content (AvgIpc) is 2.55. The number of aromatic carboxylic acids is 1. The molecule has 2 N–H and O–H groups in total. The third kappa shape index (κ3) is 4.59. The molecule has 2 rings (SSSR count). The number of ether oxygens (including phenoxy) is 1. The molecule has 0 aliphatic carbocycles. The highest BCUT2D eigenvalue weighted by atomic mass is 16.5. The molecule has 0 saturated heterocycles. The van der Waals surface area contributed by atoms with Crippen LogP contribution in [-0.4, -0.2) is 23.6 Å². The van der Waals surface area contributed by atoms with Crippen LogP contribution in [0.4, 0.5) is 5.69 Å². The Kier molecular flexibility index (Phi) is 5.58. The van der Waals surface area contributed by atoms with Gasteiger partial charge in [0.05, 0.1) is 12.2 Å². The molecule has 0 bridgehead atoms. The molecule has 0 aliphatic heterocycles.